The summed E-state index contributed by atoms with van der Waals surface area (Å²) >= 11 is 0. The first-order chi connectivity index (χ1) is 18.7. The number of ether oxygens (including phenoxy) is 2. The van der Waals surface area contributed by atoms with Crippen LogP contribution in [0.2, 0.25) is 0 Å². The minimum Gasteiger partial charge on any atom is -0.481 e. The summed E-state index contributed by atoms with van der Waals surface area (Å²) in [5.41, 5.74) is 4.28. The molecule has 1 aliphatic rings. The summed E-state index contributed by atoms with van der Waals surface area (Å²) in [6, 6.07) is 17.9. The lowest BCUT2D eigenvalue weighted by molar-refractivity contribution is -0.120. The van der Waals surface area contributed by atoms with E-state index < -0.39 is 12.1 Å². The number of carbonyl (C=O) groups excluding carboxylic acids is 1. The molecule has 1 aliphatic carbocycles. The van der Waals surface area contributed by atoms with Crippen LogP contribution in [0.3, 0.4) is 0 Å². The Morgan fingerprint density at radius 3 is 2.41 bits per heavy atom. The number of nitrogens with zero attached hydrogens (tertiary/aromatic N) is 2. The quantitative estimate of drug-likeness (QED) is 0.260. The number of hydrogen-bond donors (Lipinski definition) is 4. The van der Waals surface area contributed by atoms with E-state index in [0.717, 1.165) is 24.1 Å². The van der Waals surface area contributed by atoms with E-state index in [4.69, 9.17) is 9.47 Å². The first kappa shape index (κ1) is 28.3. The Hall–Kier alpha value is -3.69. The fourth-order valence-electron chi connectivity index (χ4n) is 4.66. The molecule has 1 amide bonds. The average molecular weight is 534 g/mol. The molecule has 0 aliphatic heterocycles. The number of rotatable bonds is 13. The highest BCUT2D eigenvalue weighted by atomic mass is 16.5. The van der Waals surface area contributed by atoms with E-state index in [9.17, 15) is 9.90 Å². The summed E-state index contributed by atoms with van der Waals surface area (Å²) in [5, 5.41) is 20.9. The van der Waals surface area contributed by atoms with Crippen LogP contribution in [0.15, 0.2) is 54.6 Å². The Morgan fingerprint density at radius 2 is 1.79 bits per heavy atom. The maximum atomic E-state index is 12.0. The molecule has 39 heavy (non-hydrogen) atoms. The van der Waals surface area contributed by atoms with E-state index in [1.54, 1.807) is 6.07 Å². The molecule has 1 aromatic heterocycles. The van der Waals surface area contributed by atoms with Crippen molar-refractivity contribution in [3.63, 3.8) is 0 Å². The molecule has 1 fully saturated rings. The molecule has 9 heteroatoms. The first-order valence-corrected chi connectivity index (χ1v) is 13.3. The summed E-state index contributed by atoms with van der Waals surface area (Å²) < 4.78 is 10.3. The van der Waals surface area contributed by atoms with Crippen LogP contribution < -0.4 is 25.4 Å². The number of benzene rings is 2. The van der Waals surface area contributed by atoms with E-state index in [-0.39, 0.29) is 17.5 Å². The molecule has 2 atom stereocenters. The molecule has 0 spiro atoms. The van der Waals surface area contributed by atoms with E-state index in [1.165, 1.54) is 32.3 Å². The van der Waals surface area contributed by atoms with Crippen molar-refractivity contribution in [2.45, 2.75) is 63.6 Å². The number of anilines is 2. The third-order valence-corrected chi connectivity index (χ3v) is 7.11. The van der Waals surface area contributed by atoms with E-state index in [1.807, 2.05) is 24.3 Å². The van der Waals surface area contributed by atoms with Crippen LogP contribution in [-0.2, 0) is 16.8 Å². The topological polar surface area (TPSA) is 118 Å². The van der Waals surface area contributed by atoms with Gasteiger partial charge in [0.05, 0.1) is 26.4 Å². The molecule has 208 valence electrons. The van der Waals surface area contributed by atoms with Gasteiger partial charge in [-0.1, -0.05) is 50.2 Å². The molecule has 0 bridgehead atoms. The van der Waals surface area contributed by atoms with E-state index >= 15 is 0 Å². The predicted octanol–water partition coefficient (Wildman–Crippen LogP) is 4.05. The number of aliphatic hydroxyl groups excluding tert-OH is 1. The van der Waals surface area contributed by atoms with Crippen LogP contribution in [0.1, 0.15) is 56.2 Å². The minimum atomic E-state index is -0.751. The summed E-state index contributed by atoms with van der Waals surface area (Å²) in [5.74, 6) is 1.22. The predicted molar refractivity (Wildman–Crippen MR) is 152 cm³/mol. The van der Waals surface area contributed by atoms with Crippen molar-refractivity contribution in [3.05, 3.63) is 71.3 Å². The van der Waals surface area contributed by atoms with Crippen LogP contribution in [-0.4, -0.2) is 53.9 Å². The third kappa shape index (κ3) is 7.46. The Kier molecular flexibility index (Phi) is 9.04. The Balaban J connectivity index is 1.39. The molecule has 9 nitrogen and oxygen atoms in total. The van der Waals surface area contributed by atoms with Gasteiger partial charge in [0.2, 0.25) is 11.8 Å². The van der Waals surface area contributed by atoms with Gasteiger partial charge in [0.15, 0.2) is 0 Å². The van der Waals surface area contributed by atoms with Gasteiger partial charge in [-0.25, -0.2) is 0 Å². The number of amides is 1. The smallest absolute Gasteiger partial charge is 0.321 e. The highest BCUT2D eigenvalue weighted by Gasteiger charge is 2.44. The Bertz CT molecular complexity index is 1240. The SMILES string of the molecule is COc1cc(Nc2ccc(C[C@H](NC(C)=O)[C@H](O)CNC3(c4cccc(C(C)C)c4)CC3)cc2)nc(OC)n1. The minimum absolute atomic E-state index is 0.105. The normalized spacial score (nSPS) is 15.4. The second-order valence-corrected chi connectivity index (χ2v) is 10.4. The average Bonchev–Trinajstić information content (AvgIpc) is 3.73. The van der Waals surface area contributed by atoms with Gasteiger partial charge in [0.25, 0.3) is 0 Å². The van der Waals surface area contributed by atoms with Gasteiger partial charge in [-0.05, 0) is 54.0 Å². The molecule has 0 radical (unpaired) electrons. The van der Waals surface area contributed by atoms with Gasteiger partial charge < -0.3 is 30.5 Å². The molecule has 4 rings (SSSR count). The lowest BCUT2D eigenvalue weighted by Crippen LogP contribution is -2.49. The molecule has 1 saturated carbocycles. The number of methoxy groups -OCH3 is 2. The monoisotopic (exact) mass is 533 g/mol. The second kappa shape index (κ2) is 12.4. The summed E-state index contributed by atoms with van der Waals surface area (Å²) in [7, 11) is 3.03. The van der Waals surface area contributed by atoms with Crippen LogP contribution in [0, 0.1) is 0 Å². The molecule has 0 saturated heterocycles. The number of nitrogens with one attached hydrogen (secondary N) is 3. The second-order valence-electron chi connectivity index (χ2n) is 10.4. The van der Waals surface area contributed by atoms with Crippen LogP contribution >= 0.6 is 0 Å². The molecule has 2 aromatic carbocycles. The first-order valence-electron chi connectivity index (χ1n) is 13.3. The van der Waals surface area contributed by atoms with E-state index in [2.05, 4.69) is 64.0 Å². The van der Waals surface area contributed by atoms with Crippen LogP contribution in [0.5, 0.6) is 11.9 Å². The number of aromatic nitrogens is 2. The standard InChI is InChI=1S/C30H39N5O4/c1-19(2)22-7-6-8-23(16-22)30(13-14-30)31-18-26(37)25(32-20(3)36)15-21-9-11-24(12-10-21)33-27-17-28(38-4)35-29(34-27)39-5/h6-12,16-17,19,25-26,31,37H,13-15,18H2,1-5H3,(H,32,36)(H,33,34,35)/t25-,26+/m0/s1. The Labute approximate surface area is 230 Å². The van der Waals surface area contributed by atoms with Crippen LogP contribution in [0.25, 0.3) is 0 Å². The zero-order valence-corrected chi connectivity index (χ0v) is 23.3. The lowest BCUT2D eigenvalue weighted by atomic mass is 9.96. The number of aliphatic hydroxyl groups is 1. The van der Waals surface area contributed by atoms with Gasteiger partial charge >= 0.3 is 6.01 Å². The third-order valence-electron chi connectivity index (χ3n) is 7.11. The fourth-order valence-corrected chi connectivity index (χ4v) is 4.66. The zero-order chi connectivity index (χ0) is 28.0. The summed E-state index contributed by atoms with van der Waals surface area (Å²) in [6.45, 7) is 6.25. The van der Waals surface area contributed by atoms with Crippen molar-refractivity contribution in [2.24, 2.45) is 0 Å². The van der Waals surface area contributed by atoms with Gasteiger partial charge in [0.1, 0.15) is 5.82 Å². The lowest BCUT2D eigenvalue weighted by Gasteiger charge is -2.27. The fraction of sp³-hybridized carbons (Fsp3) is 0.433. The highest BCUT2D eigenvalue weighted by Crippen LogP contribution is 2.46. The zero-order valence-electron chi connectivity index (χ0n) is 23.3. The molecule has 1 heterocycles. The molecular formula is C30H39N5O4. The maximum absolute atomic E-state index is 12.0. The molecular weight excluding hydrogens is 494 g/mol. The summed E-state index contributed by atoms with van der Waals surface area (Å²) in [4.78, 5) is 20.4. The van der Waals surface area contributed by atoms with Crippen LogP contribution in [0.4, 0.5) is 11.5 Å². The highest BCUT2D eigenvalue weighted by molar-refractivity contribution is 5.73. The van der Waals surface area contributed by atoms with Crippen molar-refractivity contribution in [3.8, 4) is 11.9 Å². The van der Waals surface area contributed by atoms with Crippen molar-refractivity contribution >= 4 is 17.4 Å². The van der Waals surface area contributed by atoms with Crippen molar-refractivity contribution in [2.75, 3.05) is 26.1 Å². The van der Waals surface area contributed by atoms with Crippen molar-refractivity contribution in [1.29, 1.82) is 0 Å². The van der Waals surface area contributed by atoms with Gasteiger partial charge in [-0.15, -0.1) is 0 Å². The Morgan fingerprint density at radius 1 is 1.05 bits per heavy atom. The number of carbonyl (C=O) groups is 1. The van der Waals surface area contributed by atoms with E-state index in [0.29, 0.717) is 30.6 Å². The van der Waals surface area contributed by atoms with Gasteiger partial charge in [-0.2, -0.15) is 9.97 Å². The molecule has 3 aromatic rings. The summed E-state index contributed by atoms with van der Waals surface area (Å²) in [6.07, 6.45) is 1.81. The largest absolute Gasteiger partial charge is 0.481 e. The van der Waals surface area contributed by atoms with Gasteiger partial charge in [0, 0.05) is 30.8 Å². The van der Waals surface area contributed by atoms with Gasteiger partial charge in [-0.3, -0.25) is 4.79 Å². The maximum Gasteiger partial charge on any atom is 0.321 e. The molecule has 0 unspecified atom stereocenters. The number of hydrogen-bond acceptors (Lipinski definition) is 8. The van der Waals surface area contributed by atoms with Crippen molar-refractivity contribution in [1.82, 2.24) is 20.6 Å². The molecule has 4 N–H and O–H groups in total. The van der Waals surface area contributed by atoms with Crippen molar-refractivity contribution < 1.29 is 19.4 Å².